The minimum atomic E-state index is -4.61. The van der Waals surface area contributed by atoms with Gasteiger partial charge in [0.05, 0.1) is 5.92 Å². The fourth-order valence-corrected chi connectivity index (χ4v) is 3.92. The number of amides is 1. The summed E-state index contributed by atoms with van der Waals surface area (Å²) in [7, 11) is 0.998. The quantitative estimate of drug-likeness (QED) is 0.255. The van der Waals surface area contributed by atoms with Crippen LogP contribution in [0.5, 0.6) is 0 Å². The van der Waals surface area contributed by atoms with Crippen molar-refractivity contribution < 1.29 is 35.9 Å². The Bertz CT molecular complexity index is 1090. The van der Waals surface area contributed by atoms with Gasteiger partial charge >= 0.3 is 12.4 Å². The lowest BCUT2D eigenvalue weighted by atomic mass is 9.95. The van der Waals surface area contributed by atoms with Gasteiger partial charge in [0.15, 0.2) is 5.78 Å². The van der Waals surface area contributed by atoms with Crippen molar-refractivity contribution >= 4 is 41.0 Å². The Morgan fingerprint density at radius 3 is 2.09 bits per heavy atom. The van der Waals surface area contributed by atoms with Gasteiger partial charge in [0, 0.05) is 35.5 Å². The van der Waals surface area contributed by atoms with Crippen molar-refractivity contribution in [3.63, 3.8) is 0 Å². The molecule has 11 heteroatoms. The number of Topliss-reactive ketones (excluding diaryl/α,β-unsaturated/α-hetero) is 1. The fourth-order valence-electron chi connectivity index (χ4n) is 3.38. The molecule has 0 saturated carbocycles. The summed E-state index contributed by atoms with van der Waals surface area (Å²) in [5, 5.41) is 0.133. The van der Waals surface area contributed by atoms with Crippen LogP contribution in [0.25, 0.3) is 6.08 Å². The maximum Gasteiger partial charge on any atom is 0.406 e. The van der Waals surface area contributed by atoms with Crippen LogP contribution in [0.4, 0.5) is 26.3 Å². The van der Waals surface area contributed by atoms with Crippen molar-refractivity contribution in [1.29, 1.82) is 0 Å². The van der Waals surface area contributed by atoms with Crippen molar-refractivity contribution in [2.24, 2.45) is 0 Å². The van der Waals surface area contributed by atoms with Crippen LogP contribution in [0.1, 0.15) is 45.8 Å². The molecular weight excluding hydrogens is 519 g/mol. The van der Waals surface area contributed by atoms with Gasteiger partial charge in [-0.1, -0.05) is 53.6 Å². The molecule has 0 saturated heterocycles. The Balaban J connectivity index is 2.14. The fraction of sp³-hybridized carbons (Fsp3) is 0.333. The third kappa shape index (κ3) is 8.89. The zero-order valence-corrected chi connectivity index (χ0v) is 20.1. The second kappa shape index (κ2) is 11.5. The summed E-state index contributed by atoms with van der Waals surface area (Å²) in [6.45, 7) is 0.153. The largest absolute Gasteiger partial charge is 0.406 e. The number of aryl methyl sites for hydroxylation is 1. The van der Waals surface area contributed by atoms with Gasteiger partial charge in [-0.3, -0.25) is 9.59 Å². The molecular formula is C24H21Cl2F6NO2. The van der Waals surface area contributed by atoms with E-state index in [0.717, 1.165) is 13.1 Å². The summed E-state index contributed by atoms with van der Waals surface area (Å²) >= 11 is 11.7. The van der Waals surface area contributed by atoms with Crippen LogP contribution in [-0.2, 0) is 4.79 Å². The molecule has 0 radical (unpaired) electrons. The first-order valence-electron chi connectivity index (χ1n) is 10.2. The normalized spacial score (nSPS) is 13.2. The van der Waals surface area contributed by atoms with Gasteiger partial charge in [-0.25, -0.2) is 0 Å². The minimum Gasteiger partial charge on any atom is -0.337 e. The number of carbonyl (C=O) groups is 2. The lowest BCUT2D eigenvalue weighted by Crippen LogP contribution is -2.35. The van der Waals surface area contributed by atoms with Crippen LogP contribution >= 0.6 is 23.2 Å². The molecule has 0 bridgehead atoms. The lowest BCUT2D eigenvalue weighted by molar-refractivity contribution is -0.158. The number of nitrogens with zero attached hydrogens (tertiary/aromatic N) is 1. The van der Waals surface area contributed by atoms with Crippen LogP contribution in [0.2, 0.25) is 10.0 Å². The average molecular weight is 540 g/mol. The van der Waals surface area contributed by atoms with Gasteiger partial charge < -0.3 is 4.90 Å². The monoisotopic (exact) mass is 539 g/mol. The van der Waals surface area contributed by atoms with Crippen LogP contribution in [0.3, 0.4) is 0 Å². The van der Waals surface area contributed by atoms with E-state index in [0.29, 0.717) is 16.0 Å². The molecule has 0 aliphatic carbocycles. The standard InChI is InChI=1S/C24H21Cl2F6NO2/c1-14-9-15(4-6-20(24(30,31)32)16-10-17(25)12-18(26)11-16)3-5-19(14)21(34)7-8-22(35)33(2)13-23(27,28)29/h3-6,9-12,20H,7-8,13H2,1-2H3/b6-4+. The van der Waals surface area contributed by atoms with Gasteiger partial charge in [-0.15, -0.1) is 0 Å². The Morgan fingerprint density at radius 2 is 1.57 bits per heavy atom. The maximum absolute atomic E-state index is 13.6. The predicted octanol–water partition coefficient (Wildman–Crippen LogP) is 7.64. The van der Waals surface area contributed by atoms with E-state index in [-0.39, 0.29) is 27.6 Å². The Kier molecular flexibility index (Phi) is 9.42. The van der Waals surface area contributed by atoms with Gasteiger partial charge in [0.25, 0.3) is 0 Å². The van der Waals surface area contributed by atoms with Crippen LogP contribution < -0.4 is 0 Å². The molecule has 0 spiro atoms. The highest BCUT2D eigenvalue weighted by Gasteiger charge is 2.39. The molecule has 0 aliphatic heterocycles. The molecule has 2 aromatic carbocycles. The van der Waals surface area contributed by atoms with Crippen molar-refractivity contribution in [3.05, 3.63) is 74.8 Å². The molecule has 2 rings (SSSR count). The van der Waals surface area contributed by atoms with E-state index in [2.05, 4.69) is 0 Å². The molecule has 0 aliphatic rings. The Morgan fingerprint density at radius 1 is 0.971 bits per heavy atom. The topological polar surface area (TPSA) is 37.4 Å². The van der Waals surface area contributed by atoms with E-state index in [1.807, 2.05) is 0 Å². The van der Waals surface area contributed by atoms with E-state index < -0.39 is 42.9 Å². The van der Waals surface area contributed by atoms with E-state index in [1.165, 1.54) is 42.5 Å². The highest BCUT2D eigenvalue weighted by molar-refractivity contribution is 6.34. The summed E-state index contributed by atoms with van der Waals surface area (Å²) in [6.07, 6.45) is -7.65. The number of benzene rings is 2. The second-order valence-corrected chi connectivity index (χ2v) is 8.82. The first kappa shape index (κ1) is 28.7. The number of rotatable bonds is 8. The number of alkyl halides is 6. The summed E-state index contributed by atoms with van der Waals surface area (Å²) in [4.78, 5) is 24.8. The summed E-state index contributed by atoms with van der Waals surface area (Å²) in [5.74, 6) is -3.26. The van der Waals surface area contributed by atoms with Crippen LogP contribution in [0.15, 0.2) is 42.5 Å². The third-order valence-electron chi connectivity index (χ3n) is 5.04. The number of allylic oxidation sites excluding steroid dienone is 1. The lowest BCUT2D eigenvalue weighted by Gasteiger charge is -2.18. The van der Waals surface area contributed by atoms with E-state index in [9.17, 15) is 35.9 Å². The van der Waals surface area contributed by atoms with E-state index in [4.69, 9.17) is 23.2 Å². The molecule has 1 atom stereocenters. The molecule has 0 fully saturated rings. The molecule has 0 aromatic heterocycles. The van der Waals surface area contributed by atoms with E-state index in [1.54, 1.807) is 6.92 Å². The molecule has 190 valence electrons. The molecule has 1 amide bonds. The smallest absolute Gasteiger partial charge is 0.337 e. The summed E-state index contributed by atoms with van der Waals surface area (Å²) in [6, 6.07) is 8.02. The van der Waals surface area contributed by atoms with Gasteiger partial charge in [-0.05, 0) is 41.8 Å². The zero-order chi connectivity index (χ0) is 26.6. The summed E-state index contributed by atoms with van der Waals surface area (Å²) in [5.41, 5.74) is 0.933. The second-order valence-electron chi connectivity index (χ2n) is 7.94. The van der Waals surface area contributed by atoms with Crippen LogP contribution in [-0.4, -0.2) is 42.5 Å². The number of ketones is 1. The number of halogens is 8. The molecule has 3 nitrogen and oxygen atoms in total. The number of hydrogen-bond donors (Lipinski definition) is 0. The van der Waals surface area contributed by atoms with Crippen molar-refractivity contribution in [3.8, 4) is 0 Å². The van der Waals surface area contributed by atoms with Gasteiger partial charge in [0.1, 0.15) is 6.54 Å². The van der Waals surface area contributed by atoms with E-state index >= 15 is 0 Å². The summed E-state index contributed by atoms with van der Waals surface area (Å²) < 4.78 is 78.1. The Labute approximate surface area is 208 Å². The maximum atomic E-state index is 13.6. The number of hydrogen-bond acceptors (Lipinski definition) is 2. The first-order valence-corrected chi connectivity index (χ1v) is 11.0. The number of carbonyl (C=O) groups excluding carboxylic acids is 2. The van der Waals surface area contributed by atoms with Gasteiger partial charge in [0.2, 0.25) is 5.91 Å². The minimum absolute atomic E-state index is 0.0666. The van der Waals surface area contributed by atoms with Crippen molar-refractivity contribution in [2.75, 3.05) is 13.6 Å². The zero-order valence-electron chi connectivity index (χ0n) is 18.6. The molecule has 2 aromatic rings. The average Bonchev–Trinajstić information content (AvgIpc) is 2.69. The Hall–Kier alpha value is -2.52. The predicted molar refractivity (Wildman–Crippen MR) is 123 cm³/mol. The first-order chi connectivity index (χ1) is 16.1. The highest BCUT2D eigenvalue weighted by atomic mass is 35.5. The highest BCUT2D eigenvalue weighted by Crippen LogP contribution is 2.38. The third-order valence-corrected chi connectivity index (χ3v) is 5.47. The van der Waals surface area contributed by atoms with Crippen molar-refractivity contribution in [2.45, 2.75) is 38.0 Å². The molecule has 0 N–H and O–H groups in total. The SMILES string of the molecule is Cc1cc(/C=C/C(c2cc(Cl)cc(Cl)c2)C(F)(F)F)ccc1C(=O)CCC(=O)N(C)CC(F)(F)F. The van der Waals surface area contributed by atoms with Crippen LogP contribution in [0, 0.1) is 6.92 Å². The van der Waals surface area contributed by atoms with Gasteiger partial charge in [-0.2, -0.15) is 26.3 Å². The molecule has 0 heterocycles. The van der Waals surface area contributed by atoms with Crippen molar-refractivity contribution in [1.82, 2.24) is 4.90 Å². The molecule has 35 heavy (non-hydrogen) atoms. The molecule has 1 unspecified atom stereocenters.